The number of aromatic nitrogens is 2. The molecule has 0 aliphatic heterocycles. The minimum Gasteiger partial charge on any atom is -0.497 e. The highest BCUT2D eigenvalue weighted by atomic mass is 35.5. The van der Waals surface area contributed by atoms with Gasteiger partial charge in [-0.2, -0.15) is 4.98 Å². The van der Waals surface area contributed by atoms with E-state index in [0.29, 0.717) is 12.5 Å². The molecule has 0 saturated heterocycles. The zero-order valence-corrected chi connectivity index (χ0v) is 14.4. The summed E-state index contributed by atoms with van der Waals surface area (Å²) in [4.78, 5) is 7.70. The Hall–Kier alpha value is -2.59. The van der Waals surface area contributed by atoms with Gasteiger partial charge in [-0.3, -0.25) is 0 Å². The van der Waals surface area contributed by atoms with Gasteiger partial charge in [-0.1, -0.05) is 48.0 Å². The van der Waals surface area contributed by atoms with Crippen LogP contribution in [0.25, 0.3) is 0 Å². The van der Waals surface area contributed by atoms with Crippen LogP contribution in [-0.2, 0) is 6.61 Å². The zero-order chi connectivity index (χ0) is 17.2. The Morgan fingerprint density at radius 3 is 2.21 bits per heavy atom. The van der Waals surface area contributed by atoms with Crippen molar-refractivity contribution < 1.29 is 9.47 Å². The second kappa shape index (κ2) is 9.53. The molecule has 0 atom stereocenters. The van der Waals surface area contributed by atoms with Crippen molar-refractivity contribution in [3.8, 4) is 11.6 Å². The lowest BCUT2D eigenvalue weighted by Gasteiger charge is -2.05. The Morgan fingerprint density at radius 2 is 1.67 bits per heavy atom. The van der Waals surface area contributed by atoms with E-state index in [2.05, 4.69) is 29.0 Å². The average molecular weight is 343 g/mol. The molecule has 0 unspecified atom stereocenters. The molecular formula is C19H19ClN2O2. The summed E-state index contributed by atoms with van der Waals surface area (Å²) in [5.74, 6) is 1.28. The molecule has 0 amide bonds. The molecular weight excluding hydrogens is 324 g/mol. The van der Waals surface area contributed by atoms with Gasteiger partial charge in [-0.25, -0.2) is 4.98 Å². The summed E-state index contributed by atoms with van der Waals surface area (Å²) < 4.78 is 10.5. The number of halogens is 1. The monoisotopic (exact) mass is 342 g/mol. The van der Waals surface area contributed by atoms with Crippen molar-refractivity contribution in [2.75, 3.05) is 7.11 Å². The standard InChI is InChI=1S/C12H11ClN2O2.C7H8/c1-16-10-4-2-9(3-5-10)8-17-11-6-7-14-12(13)15-11;1-7-5-3-2-4-6-7/h2-7H,8H2,1H3;2-6H,1H3. The zero-order valence-electron chi connectivity index (χ0n) is 13.6. The van der Waals surface area contributed by atoms with Gasteiger partial charge < -0.3 is 9.47 Å². The van der Waals surface area contributed by atoms with Gasteiger partial charge in [0.15, 0.2) is 0 Å². The maximum absolute atomic E-state index is 5.65. The molecule has 0 fully saturated rings. The highest BCUT2D eigenvalue weighted by Gasteiger charge is 1.99. The number of ether oxygens (including phenoxy) is 2. The molecule has 4 nitrogen and oxygen atoms in total. The van der Waals surface area contributed by atoms with Gasteiger partial charge in [-0.05, 0) is 36.2 Å². The summed E-state index contributed by atoms with van der Waals surface area (Å²) in [6.07, 6.45) is 1.55. The summed E-state index contributed by atoms with van der Waals surface area (Å²) in [7, 11) is 1.63. The number of benzene rings is 2. The summed E-state index contributed by atoms with van der Waals surface area (Å²) in [5.41, 5.74) is 2.35. The molecule has 5 heteroatoms. The Labute approximate surface area is 147 Å². The molecule has 3 aromatic rings. The molecule has 3 rings (SSSR count). The Morgan fingerprint density at radius 1 is 0.958 bits per heavy atom. The predicted molar refractivity (Wildman–Crippen MR) is 95.5 cm³/mol. The number of hydrogen-bond acceptors (Lipinski definition) is 4. The third kappa shape index (κ3) is 6.26. The Bertz CT molecular complexity index is 734. The van der Waals surface area contributed by atoms with E-state index in [0.717, 1.165) is 11.3 Å². The molecule has 1 aromatic heterocycles. The molecule has 124 valence electrons. The van der Waals surface area contributed by atoms with Crippen molar-refractivity contribution in [2.45, 2.75) is 13.5 Å². The van der Waals surface area contributed by atoms with Gasteiger partial charge in [0.1, 0.15) is 12.4 Å². The molecule has 0 aliphatic carbocycles. The summed E-state index contributed by atoms with van der Waals surface area (Å²) in [5, 5.41) is 0.178. The van der Waals surface area contributed by atoms with E-state index < -0.39 is 0 Å². The number of hydrogen-bond donors (Lipinski definition) is 0. The fourth-order valence-electron chi connectivity index (χ4n) is 1.81. The normalized spacial score (nSPS) is 9.62. The third-order valence-electron chi connectivity index (χ3n) is 3.09. The van der Waals surface area contributed by atoms with Gasteiger partial charge >= 0.3 is 0 Å². The van der Waals surface area contributed by atoms with Crippen molar-refractivity contribution in [2.24, 2.45) is 0 Å². The van der Waals surface area contributed by atoms with Crippen molar-refractivity contribution in [1.29, 1.82) is 0 Å². The van der Waals surface area contributed by atoms with E-state index in [9.17, 15) is 0 Å². The highest BCUT2D eigenvalue weighted by Crippen LogP contribution is 2.14. The maximum Gasteiger partial charge on any atom is 0.225 e. The number of nitrogens with zero attached hydrogens (tertiary/aromatic N) is 2. The average Bonchev–Trinajstić information content (AvgIpc) is 2.62. The molecule has 2 aromatic carbocycles. The van der Waals surface area contributed by atoms with Crippen LogP contribution < -0.4 is 9.47 Å². The predicted octanol–water partition coefficient (Wildman–Crippen LogP) is 4.71. The van der Waals surface area contributed by atoms with Gasteiger partial charge in [-0.15, -0.1) is 0 Å². The number of methoxy groups -OCH3 is 1. The van der Waals surface area contributed by atoms with Crippen molar-refractivity contribution in [3.05, 3.63) is 83.3 Å². The number of rotatable bonds is 4. The minimum absolute atomic E-state index is 0.178. The molecule has 24 heavy (non-hydrogen) atoms. The fraction of sp³-hybridized carbons (Fsp3) is 0.158. The quantitative estimate of drug-likeness (QED) is 0.644. The summed E-state index contributed by atoms with van der Waals surface area (Å²) in [6.45, 7) is 2.51. The van der Waals surface area contributed by atoms with Crippen LogP contribution in [0.2, 0.25) is 5.28 Å². The van der Waals surface area contributed by atoms with Crippen LogP contribution >= 0.6 is 11.6 Å². The Kier molecular flexibility index (Phi) is 7.05. The first-order valence-electron chi connectivity index (χ1n) is 7.43. The highest BCUT2D eigenvalue weighted by molar-refractivity contribution is 6.28. The van der Waals surface area contributed by atoms with E-state index in [1.165, 1.54) is 5.56 Å². The molecule has 1 heterocycles. The topological polar surface area (TPSA) is 44.2 Å². The fourth-order valence-corrected chi connectivity index (χ4v) is 1.95. The van der Waals surface area contributed by atoms with Crippen molar-refractivity contribution in [1.82, 2.24) is 9.97 Å². The van der Waals surface area contributed by atoms with Crippen LogP contribution in [0.4, 0.5) is 0 Å². The van der Waals surface area contributed by atoms with E-state index in [-0.39, 0.29) is 5.28 Å². The van der Waals surface area contributed by atoms with E-state index in [4.69, 9.17) is 21.1 Å². The summed E-state index contributed by atoms with van der Waals surface area (Å²) >= 11 is 5.65. The molecule has 0 spiro atoms. The van der Waals surface area contributed by atoms with Crippen LogP contribution in [0, 0.1) is 6.92 Å². The first kappa shape index (κ1) is 17.8. The molecule has 0 radical (unpaired) electrons. The molecule has 0 N–H and O–H groups in total. The summed E-state index contributed by atoms with van der Waals surface area (Å²) in [6, 6.07) is 19.5. The molecule has 0 bridgehead atoms. The van der Waals surface area contributed by atoms with E-state index in [1.54, 1.807) is 19.4 Å². The van der Waals surface area contributed by atoms with Gasteiger partial charge in [0, 0.05) is 12.3 Å². The SMILES string of the molecule is COc1ccc(COc2ccnc(Cl)n2)cc1.Cc1ccccc1. The van der Waals surface area contributed by atoms with Gasteiger partial charge in [0.25, 0.3) is 0 Å². The van der Waals surface area contributed by atoms with Crippen LogP contribution in [0.15, 0.2) is 66.9 Å². The van der Waals surface area contributed by atoms with Crippen molar-refractivity contribution >= 4 is 11.6 Å². The minimum atomic E-state index is 0.178. The van der Waals surface area contributed by atoms with Crippen LogP contribution in [0.3, 0.4) is 0 Å². The Balaban J connectivity index is 0.000000249. The lowest BCUT2D eigenvalue weighted by molar-refractivity contribution is 0.293. The lowest BCUT2D eigenvalue weighted by atomic mass is 10.2. The van der Waals surface area contributed by atoms with Crippen LogP contribution in [0.5, 0.6) is 11.6 Å². The second-order valence-corrected chi connectivity index (χ2v) is 5.29. The first-order valence-corrected chi connectivity index (χ1v) is 7.81. The molecule has 0 aliphatic rings. The number of aryl methyl sites for hydroxylation is 1. The largest absolute Gasteiger partial charge is 0.497 e. The van der Waals surface area contributed by atoms with Crippen LogP contribution in [0.1, 0.15) is 11.1 Å². The smallest absolute Gasteiger partial charge is 0.225 e. The first-order chi connectivity index (χ1) is 11.7. The van der Waals surface area contributed by atoms with Gasteiger partial charge in [0.05, 0.1) is 7.11 Å². The third-order valence-corrected chi connectivity index (χ3v) is 3.27. The lowest BCUT2D eigenvalue weighted by Crippen LogP contribution is -1.97. The second-order valence-electron chi connectivity index (χ2n) is 4.96. The van der Waals surface area contributed by atoms with Crippen molar-refractivity contribution in [3.63, 3.8) is 0 Å². The maximum atomic E-state index is 5.65. The van der Waals surface area contributed by atoms with Gasteiger partial charge in [0.2, 0.25) is 11.2 Å². The van der Waals surface area contributed by atoms with E-state index >= 15 is 0 Å². The van der Waals surface area contributed by atoms with E-state index in [1.807, 2.05) is 42.5 Å². The molecule has 0 saturated carbocycles. The van der Waals surface area contributed by atoms with Crippen LogP contribution in [-0.4, -0.2) is 17.1 Å².